The summed E-state index contributed by atoms with van der Waals surface area (Å²) < 4.78 is 12.3. The molecule has 7 heteroatoms. The van der Waals surface area contributed by atoms with Gasteiger partial charge in [-0.3, -0.25) is 9.48 Å². The highest BCUT2D eigenvalue weighted by Gasteiger charge is 2.08. The van der Waals surface area contributed by atoms with Crippen LogP contribution in [0.2, 0.25) is 0 Å². The van der Waals surface area contributed by atoms with E-state index in [1.165, 1.54) is 6.08 Å². The molecule has 0 aliphatic heterocycles. The van der Waals surface area contributed by atoms with E-state index in [0.29, 0.717) is 30.3 Å². The Bertz CT molecular complexity index is 811. The minimum Gasteiger partial charge on any atom is -0.493 e. The van der Waals surface area contributed by atoms with Crippen LogP contribution >= 0.6 is 0 Å². The Kier molecular flexibility index (Phi) is 7.61. The molecule has 2 rings (SSSR count). The predicted octanol–water partition coefficient (Wildman–Crippen LogP) is 3.31. The van der Waals surface area contributed by atoms with Gasteiger partial charge in [-0.2, -0.15) is 5.10 Å². The third-order valence-electron chi connectivity index (χ3n) is 3.91. The van der Waals surface area contributed by atoms with Crippen molar-refractivity contribution >= 4 is 23.6 Å². The second-order valence-electron chi connectivity index (χ2n) is 6.03. The smallest absolute Gasteiger partial charge is 0.249 e. The fourth-order valence-corrected chi connectivity index (χ4v) is 2.58. The van der Waals surface area contributed by atoms with E-state index in [-0.39, 0.29) is 11.7 Å². The Labute approximate surface area is 159 Å². The zero-order chi connectivity index (χ0) is 19.6. The molecule has 27 heavy (non-hydrogen) atoms. The Balaban J connectivity index is 1.91. The molecule has 0 saturated heterocycles. The van der Waals surface area contributed by atoms with E-state index in [1.54, 1.807) is 50.2 Å². The number of para-hydroxylation sites is 1. The number of nitrogens with zero attached hydrogens (tertiary/aromatic N) is 2. The zero-order valence-electron chi connectivity index (χ0n) is 15.9. The second kappa shape index (κ2) is 10.2. The van der Waals surface area contributed by atoms with Gasteiger partial charge in [-0.15, -0.1) is 0 Å². The summed E-state index contributed by atoms with van der Waals surface area (Å²) in [5.41, 5.74) is 0.739. The molecule has 0 spiro atoms. The quantitative estimate of drug-likeness (QED) is 0.512. The average molecular weight is 371 g/mol. The Morgan fingerprint density at radius 3 is 2.70 bits per heavy atom. The van der Waals surface area contributed by atoms with Gasteiger partial charge in [0.05, 0.1) is 14.2 Å². The van der Waals surface area contributed by atoms with Crippen LogP contribution < -0.4 is 14.8 Å². The fourth-order valence-electron chi connectivity index (χ4n) is 2.58. The first kappa shape index (κ1) is 20.2. The number of carbonyl (C=O) groups is 2. The number of benzene rings is 1. The predicted molar refractivity (Wildman–Crippen MR) is 104 cm³/mol. The third kappa shape index (κ3) is 6.29. The van der Waals surface area contributed by atoms with Crippen LogP contribution in [0.25, 0.3) is 6.08 Å². The standard InChI is InChI=1S/C20H25N3O4/c1-15(24)7-4-5-13-23-14-12-18(22-23)21-19(25)11-10-16-8-6-9-17(26-2)20(16)27-3/h6,8-12,14H,4-5,7,13H2,1-3H3,(H,21,22,25)/b11-10+. The van der Waals surface area contributed by atoms with Gasteiger partial charge in [0.15, 0.2) is 17.3 Å². The monoisotopic (exact) mass is 371 g/mol. The molecule has 144 valence electrons. The summed E-state index contributed by atoms with van der Waals surface area (Å²) in [6.07, 6.45) is 7.17. The minimum atomic E-state index is -0.290. The van der Waals surface area contributed by atoms with Crippen LogP contribution in [0.4, 0.5) is 5.82 Å². The Morgan fingerprint density at radius 2 is 2.00 bits per heavy atom. The van der Waals surface area contributed by atoms with E-state index >= 15 is 0 Å². The Hall–Kier alpha value is -3.09. The summed E-state index contributed by atoms with van der Waals surface area (Å²) in [5.74, 6) is 1.56. The number of carbonyl (C=O) groups excluding carboxylic acids is 2. The van der Waals surface area contributed by atoms with Crippen molar-refractivity contribution in [3.63, 3.8) is 0 Å². The van der Waals surface area contributed by atoms with Crippen molar-refractivity contribution in [1.29, 1.82) is 0 Å². The van der Waals surface area contributed by atoms with Crippen LogP contribution in [0.1, 0.15) is 31.7 Å². The van der Waals surface area contributed by atoms with Crippen LogP contribution in [-0.4, -0.2) is 35.7 Å². The van der Waals surface area contributed by atoms with Gasteiger partial charge in [0.25, 0.3) is 0 Å². The fraction of sp³-hybridized carbons (Fsp3) is 0.350. The van der Waals surface area contributed by atoms with E-state index in [2.05, 4.69) is 10.4 Å². The first-order chi connectivity index (χ1) is 13.0. The van der Waals surface area contributed by atoms with Crippen LogP contribution in [0.3, 0.4) is 0 Å². The number of amides is 1. The summed E-state index contributed by atoms with van der Waals surface area (Å²) >= 11 is 0. The van der Waals surface area contributed by atoms with Crippen molar-refractivity contribution in [3.8, 4) is 11.5 Å². The van der Waals surface area contributed by atoms with Crippen LogP contribution in [0.15, 0.2) is 36.5 Å². The first-order valence-electron chi connectivity index (χ1n) is 8.76. The van der Waals surface area contributed by atoms with Crippen molar-refractivity contribution in [1.82, 2.24) is 9.78 Å². The summed E-state index contributed by atoms with van der Waals surface area (Å²) in [4.78, 5) is 23.1. The summed E-state index contributed by atoms with van der Waals surface area (Å²) in [5, 5.41) is 7.03. The van der Waals surface area contributed by atoms with Gasteiger partial charge in [0.1, 0.15) is 5.78 Å². The molecule has 0 radical (unpaired) electrons. The van der Waals surface area contributed by atoms with Gasteiger partial charge in [0.2, 0.25) is 5.91 Å². The van der Waals surface area contributed by atoms with Gasteiger partial charge in [-0.25, -0.2) is 0 Å². The molecule has 0 aliphatic rings. The summed E-state index contributed by atoms with van der Waals surface area (Å²) in [6.45, 7) is 2.30. The zero-order valence-corrected chi connectivity index (χ0v) is 15.9. The molecule has 1 aromatic heterocycles. The van der Waals surface area contributed by atoms with Gasteiger partial charge < -0.3 is 19.6 Å². The van der Waals surface area contributed by atoms with Gasteiger partial charge >= 0.3 is 0 Å². The molecule has 0 aliphatic carbocycles. The molecule has 0 bridgehead atoms. The molecule has 0 atom stereocenters. The van der Waals surface area contributed by atoms with Crippen LogP contribution in [0.5, 0.6) is 11.5 Å². The molecule has 0 unspecified atom stereocenters. The van der Waals surface area contributed by atoms with E-state index in [9.17, 15) is 9.59 Å². The SMILES string of the molecule is COc1cccc(/C=C/C(=O)Nc2ccn(CCCCC(C)=O)n2)c1OC. The average Bonchev–Trinajstić information content (AvgIpc) is 3.10. The number of aryl methyl sites for hydroxylation is 1. The number of rotatable bonds is 10. The molecule has 1 heterocycles. The molecule has 1 aromatic carbocycles. The van der Waals surface area contributed by atoms with Crippen molar-refractivity contribution in [2.24, 2.45) is 0 Å². The van der Waals surface area contributed by atoms with Crippen molar-refractivity contribution in [3.05, 3.63) is 42.1 Å². The highest BCUT2D eigenvalue weighted by Crippen LogP contribution is 2.31. The molecule has 1 amide bonds. The highest BCUT2D eigenvalue weighted by atomic mass is 16.5. The van der Waals surface area contributed by atoms with E-state index in [4.69, 9.17) is 9.47 Å². The van der Waals surface area contributed by atoms with Crippen molar-refractivity contribution < 1.29 is 19.1 Å². The number of hydrogen-bond donors (Lipinski definition) is 1. The number of ether oxygens (including phenoxy) is 2. The number of anilines is 1. The highest BCUT2D eigenvalue weighted by molar-refractivity contribution is 6.01. The molecular weight excluding hydrogens is 346 g/mol. The number of ketones is 1. The number of nitrogens with one attached hydrogen (secondary N) is 1. The van der Waals surface area contributed by atoms with E-state index in [1.807, 2.05) is 12.1 Å². The van der Waals surface area contributed by atoms with Crippen molar-refractivity contribution in [2.45, 2.75) is 32.7 Å². The number of aromatic nitrogens is 2. The minimum absolute atomic E-state index is 0.197. The summed E-state index contributed by atoms with van der Waals surface area (Å²) in [6, 6.07) is 7.19. The molecule has 7 nitrogen and oxygen atoms in total. The lowest BCUT2D eigenvalue weighted by Gasteiger charge is -2.09. The first-order valence-corrected chi connectivity index (χ1v) is 8.76. The molecule has 2 aromatic rings. The Morgan fingerprint density at radius 1 is 1.19 bits per heavy atom. The lowest BCUT2D eigenvalue weighted by atomic mass is 10.1. The van der Waals surface area contributed by atoms with E-state index in [0.717, 1.165) is 18.4 Å². The second-order valence-corrected chi connectivity index (χ2v) is 6.03. The lowest BCUT2D eigenvalue weighted by molar-refractivity contribution is -0.117. The number of Topliss-reactive ketones (excluding diaryl/α,β-unsaturated/α-hetero) is 1. The third-order valence-corrected chi connectivity index (χ3v) is 3.91. The van der Waals surface area contributed by atoms with Crippen molar-refractivity contribution in [2.75, 3.05) is 19.5 Å². The molecule has 0 saturated carbocycles. The van der Waals surface area contributed by atoms with Gasteiger partial charge in [-0.05, 0) is 31.9 Å². The largest absolute Gasteiger partial charge is 0.493 e. The molecule has 0 fully saturated rings. The maximum atomic E-state index is 12.1. The number of methoxy groups -OCH3 is 2. The normalized spacial score (nSPS) is 10.8. The van der Waals surface area contributed by atoms with Gasteiger partial charge in [-0.1, -0.05) is 12.1 Å². The number of unbranched alkanes of at least 4 members (excludes halogenated alkanes) is 1. The van der Waals surface area contributed by atoms with E-state index < -0.39 is 0 Å². The van der Waals surface area contributed by atoms with Crippen LogP contribution in [-0.2, 0) is 16.1 Å². The topological polar surface area (TPSA) is 82.5 Å². The molecule has 1 N–H and O–H groups in total. The number of hydrogen-bond acceptors (Lipinski definition) is 5. The maximum absolute atomic E-state index is 12.1. The maximum Gasteiger partial charge on any atom is 0.249 e. The molecular formula is C20H25N3O4. The van der Waals surface area contributed by atoms with Crippen LogP contribution in [0, 0.1) is 0 Å². The van der Waals surface area contributed by atoms with Gasteiger partial charge in [0, 0.05) is 36.9 Å². The summed E-state index contributed by atoms with van der Waals surface area (Å²) in [7, 11) is 3.12. The lowest BCUT2D eigenvalue weighted by Crippen LogP contribution is -2.09.